The van der Waals surface area contributed by atoms with Crippen molar-refractivity contribution < 1.29 is 14.3 Å². The van der Waals surface area contributed by atoms with Gasteiger partial charge in [0, 0.05) is 13.1 Å². The fourth-order valence-electron chi connectivity index (χ4n) is 2.65. The number of aryl methyl sites for hydroxylation is 2. The number of rotatable bonds is 6. The van der Waals surface area contributed by atoms with Crippen molar-refractivity contribution in [2.75, 3.05) is 0 Å². The number of fused-ring (bicyclic) bond motifs is 1. The third kappa shape index (κ3) is 4.31. The summed E-state index contributed by atoms with van der Waals surface area (Å²) in [7, 11) is 0. The Hall–Kier alpha value is -3.22. The zero-order valence-corrected chi connectivity index (χ0v) is 15.6. The third-order valence-corrected chi connectivity index (χ3v) is 4.29. The lowest BCUT2D eigenvalue weighted by Crippen LogP contribution is -2.35. The SMILES string of the molecule is CCn1nnc2cc(C(=O)O[C@@H](C)C(=O)NCc3ccc(C)cc3)ccc21. The van der Waals surface area contributed by atoms with Gasteiger partial charge < -0.3 is 10.1 Å². The van der Waals surface area contributed by atoms with E-state index in [4.69, 9.17) is 4.74 Å². The molecule has 140 valence electrons. The summed E-state index contributed by atoms with van der Waals surface area (Å²) < 4.78 is 7.02. The van der Waals surface area contributed by atoms with Crippen molar-refractivity contribution in [2.24, 2.45) is 0 Å². The largest absolute Gasteiger partial charge is 0.449 e. The molecule has 1 aromatic heterocycles. The molecule has 0 saturated carbocycles. The van der Waals surface area contributed by atoms with E-state index in [0.717, 1.165) is 16.6 Å². The quantitative estimate of drug-likeness (QED) is 0.678. The van der Waals surface area contributed by atoms with Crippen LogP contribution in [0, 0.1) is 6.92 Å². The van der Waals surface area contributed by atoms with Crippen LogP contribution in [0.2, 0.25) is 0 Å². The monoisotopic (exact) mass is 366 g/mol. The van der Waals surface area contributed by atoms with Gasteiger partial charge in [0.05, 0.1) is 11.1 Å². The highest BCUT2D eigenvalue weighted by Crippen LogP contribution is 2.15. The topological polar surface area (TPSA) is 86.1 Å². The molecule has 0 bridgehead atoms. The Morgan fingerprint density at radius 2 is 1.93 bits per heavy atom. The molecule has 0 radical (unpaired) electrons. The molecule has 1 amide bonds. The molecule has 3 aromatic rings. The van der Waals surface area contributed by atoms with Crippen LogP contribution in [0.3, 0.4) is 0 Å². The highest BCUT2D eigenvalue weighted by Gasteiger charge is 2.19. The molecule has 7 heteroatoms. The van der Waals surface area contributed by atoms with Crippen LogP contribution in [0.1, 0.15) is 35.3 Å². The van der Waals surface area contributed by atoms with Crippen LogP contribution in [0.15, 0.2) is 42.5 Å². The number of benzene rings is 2. The molecule has 0 spiro atoms. The second kappa shape index (κ2) is 7.99. The second-order valence-electron chi connectivity index (χ2n) is 6.36. The van der Waals surface area contributed by atoms with E-state index in [1.165, 1.54) is 0 Å². The third-order valence-electron chi connectivity index (χ3n) is 4.29. The highest BCUT2D eigenvalue weighted by molar-refractivity contribution is 5.95. The molecule has 3 rings (SSSR count). The number of ether oxygens (including phenoxy) is 1. The van der Waals surface area contributed by atoms with Gasteiger partial charge in [-0.1, -0.05) is 35.0 Å². The van der Waals surface area contributed by atoms with E-state index in [1.807, 2.05) is 38.1 Å². The van der Waals surface area contributed by atoms with E-state index < -0.39 is 12.1 Å². The van der Waals surface area contributed by atoms with Gasteiger partial charge in [0.15, 0.2) is 6.10 Å². The number of nitrogens with one attached hydrogen (secondary N) is 1. The Morgan fingerprint density at radius 1 is 1.19 bits per heavy atom. The zero-order chi connectivity index (χ0) is 19.4. The number of hydrogen-bond donors (Lipinski definition) is 1. The molecule has 1 heterocycles. The maximum absolute atomic E-state index is 12.3. The molecule has 0 aliphatic carbocycles. The van der Waals surface area contributed by atoms with Gasteiger partial charge in [-0.05, 0) is 44.5 Å². The predicted octanol–water partition coefficient (Wildman–Crippen LogP) is 2.62. The van der Waals surface area contributed by atoms with E-state index in [2.05, 4.69) is 15.6 Å². The first kappa shape index (κ1) is 18.6. The molecule has 0 saturated heterocycles. The fraction of sp³-hybridized carbons (Fsp3) is 0.300. The summed E-state index contributed by atoms with van der Waals surface area (Å²) >= 11 is 0. The summed E-state index contributed by atoms with van der Waals surface area (Å²) in [5.74, 6) is -0.914. The molecule has 0 aliphatic rings. The minimum Gasteiger partial charge on any atom is -0.449 e. The van der Waals surface area contributed by atoms with Crippen LogP contribution < -0.4 is 5.32 Å². The van der Waals surface area contributed by atoms with E-state index in [0.29, 0.717) is 24.2 Å². The van der Waals surface area contributed by atoms with Gasteiger partial charge in [-0.15, -0.1) is 5.10 Å². The van der Waals surface area contributed by atoms with Gasteiger partial charge in [-0.25, -0.2) is 9.48 Å². The first-order chi connectivity index (χ1) is 13.0. The Labute approximate surface area is 157 Å². The van der Waals surface area contributed by atoms with Gasteiger partial charge in [-0.3, -0.25) is 4.79 Å². The van der Waals surface area contributed by atoms with Crippen molar-refractivity contribution in [3.63, 3.8) is 0 Å². The van der Waals surface area contributed by atoms with Crippen LogP contribution in [0.5, 0.6) is 0 Å². The summed E-state index contributed by atoms with van der Waals surface area (Å²) in [5, 5.41) is 10.8. The Kier molecular flexibility index (Phi) is 5.49. The first-order valence-electron chi connectivity index (χ1n) is 8.85. The molecule has 1 N–H and O–H groups in total. The van der Waals surface area contributed by atoms with Gasteiger partial charge in [0.25, 0.3) is 5.91 Å². The van der Waals surface area contributed by atoms with Crippen molar-refractivity contribution in [2.45, 2.75) is 40.0 Å². The molecule has 0 fully saturated rings. The summed E-state index contributed by atoms with van der Waals surface area (Å²) in [4.78, 5) is 24.5. The second-order valence-corrected chi connectivity index (χ2v) is 6.36. The normalized spacial score (nSPS) is 12.0. The van der Waals surface area contributed by atoms with Crippen LogP contribution in [-0.4, -0.2) is 33.0 Å². The maximum Gasteiger partial charge on any atom is 0.338 e. The molecular formula is C20H22N4O3. The van der Waals surface area contributed by atoms with Crippen molar-refractivity contribution in [3.05, 3.63) is 59.2 Å². The van der Waals surface area contributed by atoms with Gasteiger partial charge in [-0.2, -0.15) is 0 Å². The maximum atomic E-state index is 12.3. The number of carbonyl (C=O) groups excluding carboxylic acids is 2. The van der Waals surface area contributed by atoms with Crippen LogP contribution in [-0.2, 0) is 22.6 Å². The minimum absolute atomic E-state index is 0.337. The molecule has 1 atom stereocenters. The predicted molar refractivity (Wildman–Crippen MR) is 101 cm³/mol. The van der Waals surface area contributed by atoms with Crippen LogP contribution >= 0.6 is 0 Å². The van der Waals surface area contributed by atoms with Crippen molar-refractivity contribution in [1.82, 2.24) is 20.3 Å². The summed E-state index contributed by atoms with van der Waals surface area (Å²) in [6.07, 6.45) is -0.898. The Morgan fingerprint density at radius 3 is 2.63 bits per heavy atom. The van der Waals surface area contributed by atoms with E-state index in [-0.39, 0.29) is 5.91 Å². The van der Waals surface area contributed by atoms with Gasteiger partial charge in [0.1, 0.15) is 5.52 Å². The molecule has 7 nitrogen and oxygen atoms in total. The average molecular weight is 366 g/mol. The van der Waals surface area contributed by atoms with Crippen molar-refractivity contribution in [1.29, 1.82) is 0 Å². The highest BCUT2D eigenvalue weighted by atomic mass is 16.5. The molecule has 2 aromatic carbocycles. The number of amides is 1. The van der Waals surface area contributed by atoms with E-state index in [9.17, 15) is 9.59 Å². The van der Waals surface area contributed by atoms with Crippen LogP contribution in [0.25, 0.3) is 11.0 Å². The molecule has 0 unspecified atom stereocenters. The Bertz CT molecular complexity index is 963. The molecule has 0 aliphatic heterocycles. The molecular weight excluding hydrogens is 344 g/mol. The number of hydrogen-bond acceptors (Lipinski definition) is 5. The Balaban J connectivity index is 1.59. The standard InChI is InChI=1S/C20H22N4O3/c1-4-24-18-10-9-16(11-17(18)22-23-24)20(26)27-14(3)19(25)21-12-15-7-5-13(2)6-8-15/h5-11,14H,4,12H2,1-3H3,(H,21,25)/t14-/m0/s1. The fourth-order valence-corrected chi connectivity index (χ4v) is 2.65. The van der Waals surface area contributed by atoms with Gasteiger partial charge >= 0.3 is 5.97 Å². The number of carbonyl (C=O) groups is 2. The average Bonchev–Trinajstić information content (AvgIpc) is 3.09. The summed E-state index contributed by atoms with van der Waals surface area (Å²) in [6.45, 7) is 6.59. The first-order valence-corrected chi connectivity index (χ1v) is 8.85. The van der Waals surface area contributed by atoms with Crippen molar-refractivity contribution in [3.8, 4) is 0 Å². The number of esters is 1. The minimum atomic E-state index is -0.898. The van der Waals surface area contributed by atoms with E-state index in [1.54, 1.807) is 29.8 Å². The number of nitrogens with zero attached hydrogens (tertiary/aromatic N) is 3. The summed E-state index contributed by atoms with van der Waals surface area (Å²) in [6, 6.07) is 12.9. The van der Waals surface area contributed by atoms with E-state index >= 15 is 0 Å². The lowest BCUT2D eigenvalue weighted by Gasteiger charge is -2.13. The van der Waals surface area contributed by atoms with Gasteiger partial charge in [0.2, 0.25) is 0 Å². The lowest BCUT2D eigenvalue weighted by atomic mass is 10.1. The molecule has 27 heavy (non-hydrogen) atoms. The smallest absolute Gasteiger partial charge is 0.338 e. The number of aromatic nitrogens is 3. The van der Waals surface area contributed by atoms with Crippen molar-refractivity contribution >= 4 is 22.9 Å². The lowest BCUT2D eigenvalue weighted by molar-refractivity contribution is -0.129. The summed E-state index contributed by atoms with van der Waals surface area (Å²) in [5.41, 5.74) is 3.94. The zero-order valence-electron chi connectivity index (χ0n) is 15.6. The van der Waals surface area contributed by atoms with Crippen LogP contribution in [0.4, 0.5) is 0 Å².